The lowest BCUT2D eigenvalue weighted by Gasteiger charge is -2.28. The van der Waals surface area contributed by atoms with E-state index in [1.165, 1.54) is 44.9 Å². The predicted octanol–water partition coefficient (Wildman–Crippen LogP) is 3.17. The van der Waals surface area contributed by atoms with E-state index in [9.17, 15) is 0 Å². The van der Waals surface area contributed by atoms with Crippen molar-refractivity contribution >= 4 is 0 Å². The largest absolute Gasteiger partial charge is 0.328 e. The fourth-order valence-electron chi connectivity index (χ4n) is 3.45. The van der Waals surface area contributed by atoms with Crippen LogP contribution < -0.4 is 16.8 Å². The van der Waals surface area contributed by atoms with Crippen molar-refractivity contribution in [3.05, 3.63) is 0 Å². The second-order valence-electron chi connectivity index (χ2n) is 6.89. The first kappa shape index (κ1) is 17.9. The van der Waals surface area contributed by atoms with Gasteiger partial charge in [0.05, 0.1) is 0 Å². The predicted molar refractivity (Wildman–Crippen MR) is 88.8 cm³/mol. The van der Waals surface area contributed by atoms with Gasteiger partial charge in [0.15, 0.2) is 0 Å². The summed E-state index contributed by atoms with van der Waals surface area (Å²) in [6.07, 6.45) is 12.3. The summed E-state index contributed by atoms with van der Waals surface area (Å²) in [6, 6.07) is 0.476. The van der Waals surface area contributed by atoms with Crippen LogP contribution in [0.1, 0.15) is 78.1 Å². The molecule has 3 heteroatoms. The van der Waals surface area contributed by atoms with Gasteiger partial charge >= 0.3 is 0 Å². The molecule has 1 aliphatic rings. The van der Waals surface area contributed by atoms with Gasteiger partial charge in [0.1, 0.15) is 0 Å². The molecule has 0 aromatic carbocycles. The Hall–Kier alpha value is -0.120. The van der Waals surface area contributed by atoms with Gasteiger partial charge in [-0.25, -0.2) is 0 Å². The van der Waals surface area contributed by atoms with Crippen LogP contribution in [0.4, 0.5) is 0 Å². The van der Waals surface area contributed by atoms with E-state index in [4.69, 9.17) is 11.5 Å². The summed E-state index contributed by atoms with van der Waals surface area (Å²) in [4.78, 5) is 0. The summed E-state index contributed by atoms with van der Waals surface area (Å²) >= 11 is 0. The monoisotopic (exact) mass is 283 g/mol. The molecular weight excluding hydrogens is 246 g/mol. The van der Waals surface area contributed by atoms with Gasteiger partial charge in [-0.1, -0.05) is 20.3 Å². The summed E-state index contributed by atoms with van der Waals surface area (Å²) < 4.78 is 0. The maximum absolute atomic E-state index is 6.41. The Morgan fingerprint density at radius 1 is 1.05 bits per heavy atom. The molecule has 0 bridgehead atoms. The standard InChI is InChI=1S/C17H37N3/c1-3-11-17(19,4-2)12-5-13-20-14-10-15-6-8-16(18)9-7-15/h15-16,20H,3-14,18-19H2,1-2H3. The van der Waals surface area contributed by atoms with Gasteiger partial charge in [0, 0.05) is 11.6 Å². The molecule has 5 N–H and O–H groups in total. The molecule has 1 rings (SSSR count). The zero-order valence-electron chi connectivity index (χ0n) is 13.8. The first-order chi connectivity index (χ1) is 9.59. The molecule has 20 heavy (non-hydrogen) atoms. The Morgan fingerprint density at radius 3 is 2.35 bits per heavy atom. The average molecular weight is 284 g/mol. The number of nitrogens with one attached hydrogen (secondary N) is 1. The fourth-order valence-corrected chi connectivity index (χ4v) is 3.45. The Balaban J connectivity index is 1.99. The highest BCUT2D eigenvalue weighted by Gasteiger charge is 2.20. The Labute approximate surface area is 126 Å². The van der Waals surface area contributed by atoms with Crippen LogP contribution >= 0.6 is 0 Å². The molecule has 1 unspecified atom stereocenters. The number of hydrogen-bond donors (Lipinski definition) is 3. The lowest BCUT2D eigenvalue weighted by Crippen LogP contribution is -2.39. The zero-order valence-corrected chi connectivity index (χ0v) is 13.8. The van der Waals surface area contributed by atoms with Crippen molar-refractivity contribution in [3.8, 4) is 0 Å². The van der Waals surface area contributed by atoms with E-state index in [0.717, 1.165) is 38.3 Å². The van der Waals surface area contributed by atoms with E-state index in [1.807, 2.05) is 0 Å². The molecule has 0 heterocycles. The third-order valence-corrected chi connectivity index (χ3v) is 5.10. The topological polar surface area (TPSA) is 64.1 Å². The molecule has 0 aliphatic heterocycles. The Morgan fingerprint density at radius 2 is 1.75 bits per heavy atom. The van der Waals surface area contributed by atoms with Gasteiger partial charge in [0.25, 0.3) is 0 Å². The van der Waals surface area contributed by atoms with E-state index in [0.29, 0.717) is 6.04 Å². The molecule has 0 spiro atoms. The molecule has 120 valence electrons. The minimum atomic E-state index is 0.0793. The molecule has 0 saturated heterocycles. The second kappa shape index (κ2) is 9.75. The first-order valence-electron chi connectivity index (χ1n) is 8.85. The van der Waals surface area contributed by atoms with E-state index < -0.39 is 0 Å². The quantitative estimate of drug-likeness (QED) is 0.540. The zero-order chi connectivity index (χ0) is 14.8. The van der Waals surface area contributed by atoms with Crippen LogP contribution in [0.5, 0.6) is 0 Å². The van der Waals surface area contributed by atoms with Crippen molar-refractivity contribution in [2.45, 2.75) is 89.6 Å². The van der Waals surface area contributed by atoms with Gasteiger partial charge in [0.2, 0.25) is 0 Å². The molecule has 1 aliphatic carbocycles. The van der Waals surface area contributed by atoms with Gasteiger partial charge in [-0.3, -0.25) is 0 Å². The molecule has 0 aromatic heterocycles. The smallest absolute Gasteiger partial charge is 0.0152 e. The van der Waals surface area contributed by atoms with Crippen LogP contribution in [-0.4, -0.2) is 24.7 Å². The molecule has 0 amide bonds. The van der Waals surface area contributed by atoms with Crippen molar-refractivity contribution < 1.29 is 0 Å². The molecule has 0 radical (unpaired) electrons. The molecule has 1 atom stereocenters. The van der Waals surface area contributed by atoms with Gasteiger partial charge in [-0.2, -0.15) is 0 Å². The average Bonchev–Trinajstić information content (AvgIpc) is 2.45. The van der Waals surface area contributed by atoms with Gasteiger partial charge < -0.3 is 16.8 Å². The van der Waals surface area contributed by atoms with E-state index in [2.05, 4.69) is 19.2 Å². The molecule has 0 aromatic rings. The highest BCUT2D eigenvalue weighted by Crippen LogP contribution is 2.25. The van der Waals surface area contributed by atoms with Crippen LogP contribution in [0.3, 0.4) is 0 Å². The van der Waals surface area contributed by atoms with Crippen LogP contribution in [0.15, 0.2) is 0 Å². The van der Waals surface area contributed by atoms with Crippen molar-refractivity contribution in [2.75, 3.05) is 13.1 Å². The minimum absolute atomic E-state index is 0.0793. The molecule has 1 saturated carbocycles. The van der Waals surface area contributed by atoms with Crippen molar-refractivity contribution in [2.24, 2.45) is 17.4 Å². The van der Waals surface area contributed by atoms with Gasteiger partial charge in [-0.15, -0.1) is 0 Å². The van der Waals surface area contributed by atoms with E-state index >= 15 is 0 Å². The normalized spacial score (nSPS) is 26.4. The van der Waals surface area contributed by atoms with Crippen LogP contribution in [0.25, 0.3) is 0 Å². The molecule has 1 fully saturated rings. The summed E-state index contributed by atoms with van der Waals surface area (Å²) in [5, 5.41) is 3.60. The minimum Gasteiger partial charge on any atom is -0.328 e. The Kier molecular flexibility index (Phi) is 8.74. The van der Waals surface area contributed by atoms with Crippen molar-refractivity contribution in [1.82, 2.24) is 5.32 Å². The molecular formula is C17H37N3. The van der Waals surface area contributed by atoms with Crippen molar-refractivity contribution in [3.63, 3.8) is 0 Å². The maximum atomic E-state index is 6.41. The van der Waals surface area contributed by atoms with Gasteiger partial charge in [-0.05, 0) is 76.8 Å². The Bertz CT molecular complexity index is 236. The summed E-state index contributed by atoms with van der Waals surface area (Å²) in [6.45, 7) is 6.73. The van der Waals surface area contributed by atoms with E-state index in [1.54, 1.807) is 0 Å². The second-order valence-corrected chi connectivity index (χ2v) is 6.89. The summed E-state index contributed by atoms with van der Waals surface area (Å²) in [5.74, 6) is 0.909. The van der Waals surface area contributed by atoms with Crippen LogP contribution in [0.2, 0.25) is 0 Å². The maximum Gasteiger partial charge on any atom is 0.0152 e. The summed E-state index contributed by atoms with van der Waals surface area (Å²) in [7, 11) is 0. The number of hydrogen-bond acceptors (Lipinski definition) is 3. The van der Waals surface area contributed by atoms with Crippen molar-refractivity contribution in [1.29, 1.82) is 0 Å². The number of nitrogens with two attached hydrogens (primary N) is 2. The van der Waals surface area contributed by atoms with Crippen LogP contribution in [-0.2, 0) is 0 Å². The lowest BCUT2D eigenvalue weighted by molar-refractivity contribution is 0.304. The first-order valence-corrected chi connectivity index (χ1v) is 8.85. The fraction of sp³-hybridized carbons (Fsp3) is 1.00. The SMILES string of the molecule is CCCC(N)(CC)CCCNCCC1CCC(N)CC1. The number of rotatable bonds is 10. The lowest BCUT2D eigenvalue weighted by atomic mass is 9.84. The van der Waals surface area contributed by atoms with Crippen LogP contribution in [0, 0.1) is 5.92 Å². The highest BCUT2D eigenvalue weighted by molar-refractivity contribution is 4.82. The summed E-state index contributed by atoms with van der Waals surface area (Å²) in [5.41, 5.74) is 12.4. The third kappa shape index (κ3) is 7.05. The highest BCUT2D eigenvalue weighted by atomic mass is 14.8. The molecule has 3 nitrogen and oxygen atoms in total. The van der Waals surface area contributed by atoms with E-state index in [-0.39, 0.29) is 5.54 Å². The third-order valence-electron chi connectivity index (χ3n) is 5.10.